The lowest BCUT2D eigenvalue weighted by Crippen LogP contribution is -1.88. The zero-order valence-corrected chi connectivity index (χ0v) is 13.6. The number of nitrogen functional groups attached to an aromatic ring is 1. The Labute approximate surface area is 131 Å². The van der Waals surface area contributed by atoms with Gasteiger partial charge in [0.15, 0.2) is 5.82 Å². The summed E-state index contributed by atoms with van der Waals surface area (Å²) in [7, 11) is 0. The van der Waals surface area contributed by atoms with Gasteiger partial charge in [0.05, 0.1) is 15.0 Å². The zero-order valence-electron chi connectivity index (χ0n) is 9.65. The highest BCUT2D eigenvalue weighted by Crippen LogP contribution is 2.37. The van der Waals surface area contributed by atoms with E-state index < -0.39 is 0 Å². The number of halogens is 2. The molecular weight excluding hydrogens is 390 g/mol. The minimum Gasteiger partial charge on any atom is -0.382 e. The quantitative estimate of drug-likeness (QED) is 0.644. The normalized spacial score (nSPS) is 10.8. The van der Waals surface area contributed by atoms with Crippen molar-refractivity contribution in [2.45, 2.75) is 0 Å². The minimum atomic E-state index is 0.514. The van der Waals surface area contributed by atoms with Gasteiger partial charge in [0.2, 0.25) is 0 Å². The fourth-order valence-corrected chi connectivity index (χ4v) is 3.33. The Morgan fingerprint density at radius 1 is 1.11 bits per heavy atom. The summed E-state index contributed by atoms with van der Waals surface area (Å²) in [6, 6.07) is 10.1. The lowest BCUT2D eigenvalue weighted by molar-refractivity contribution is 1.10. The number of thiophene rings is 1. The third-order valence-electron chi connectivity index (χ3n) is 2.78. The highest BCUT2D eigenvalue weighted by molar-refractivity contribution is 9.11. The molecule has 0 atom stereocenters. The molecule has 2 heterocycles. The highest BCUT2D eigenvalue weighted by Gasteiger charge is 2.15. The van der Waals surface area contributed by atoms with Crippen LogP contribution in [0.3, 0.4) is 0 Å². The van der Waals surface area contributed by atoms with Crippen molar-refractivity contribution in [3.8, 4) is 22.4 Å². The summed E-state index contributed by atoms with van der Waals surface area (Å²) in [5.74, 6) is 0.514. The predicted octanol–water partition coefficient (Wildman–Crippen LogP) is 4.91. The van der Waals surface area contributed by atoms with Crippen molar-refractivity contribution < 1.29 is 0 Å². The van der Waals surface area contributed by atoms with Gasteiger partial charge in [-0.05, 0) is 39.7 Å². The second-order valence-corrected chi connectivity index (χ2v) is 7.21. The van der Waals surface area contributed by atoms with E-state index in [4.69, 9.17) is 5.73 Å². The molecular formula is C13H9Br2N3S. The van der Waals surface area contributed by atoms with E-state index in [0.29, 0.717) is 5.82 Å². The molecule has 0 saturated heterocycles. The van der Waals surface area contributed by atoms with E-state index >= 15 is 0 Å². The smallest absolute Gasteiger partial charge is 0.153 e. The number of aromatic nitrogens is 2. The van der Waals surface area contributed by atoms with Crippen molar-refractivity contribution in [2.75, 3.05) is 5.73 Å². The summed E-state index contributed by atoms with van der Waals surface area (Å²) < 4.78 is 2.12. The molecule has 0 unspecified atom stereocenters. The minimum absolute atomic E-state index is 0.514. The molecule has 96 valence electrons. The lowest BCUT2D eigenvalue weighted by atomic mass is 10.0. The standard InChI is InChI=1S/C13H9Br2N3S/c14-9-3-1-7(2-4-9)11-12(17-18-13(11)16)8-5-10(15)19-6-8/h1-6H,(H3,16,17,18). The number of nitrogens with one attached hydrogen (secondary N) is 1. The van der Waals surface area contributed by atoms with Crippen LogP contribution in [0.15, 0.2) is 44.0 Å². The molecule has 0 bridgehead atoms. The van der Waals surface area contributed by atoms with E-state index in [1.807, 2.05) is 24.3 Å². The monoisotopic (exact) mass is 397 g/mol. The molecule has 2 aromatic heterocycles. The third kappa shape index (κ3) is 2.48. The fourth-order valence-electron chi connectivity index (χ4n) is 1.91. The average Bonchev–Trinajstić information content (AvgIpc) is 2.97. The van der Waals surface area contributed by atoms with Gasteiger partial charge in [-0.3, -0.25) is 5.10 Å². The molecule has 0 fully saturated rings. The van der Waals surface area contributed by atoms with E-state index in [9.17, 15) is 0 Å². The maximum atomic E-state index is 5.99. The average molecular weight is 399 g/mol. The molecule has 0 aliphatic heterocycles. The summed E-state index contributed by atoms with van der Waals surface area (Å²) >= 11 is 8.54. The van der Waals surface area contributed by atoms with E-state index in [1.165, 1.54) is 0 Å². The molecule has 3 aromatic rings. The first-order valence-corrected chi connectivity index (χ1v) is 7.96. The molecule has 6 heteroatoms. The van der Waals surface area contributed by atoms with Crippen molar-refractivity contribution in [1.29, 1.82) is 0 Å². The molecule has 3 nitrogen and oxygen atoms in total. The molecule has 0 amide bonds. The Hall–Kier alpha value is -1.11. The number of anilines is 1. The molecule has 0 aliphatic carbocycles. The number of hydrogen-bond donors (Lipinski definition) is 2. The van der Waals surface area contributed by atoms with Crippen LogP contribution in [0.25, 0.3) is 22.4 Å². The van der Waals surface area contributed by atoms with E-state index in [2.05, 4.69) is 53.5 Å². The summed E-state index contributed by atoms with van der Waals surface area (Å²) in [5.41, 5.74) is 10.0. The molecule has 3 rings (SSSR count). The van der Waals surface area contributed by atoms with Crippen LogP contribution in [-0.2, 0) is 0 Å². The van der Waals surface area contributed by atoms with Gasteiger partial charge in [0.25, 0.3) is 0 Å². The molecule has 19 heavy (non-hydrogen) atoms. The topological polar surface area (TPSA) is 54.7 Å². The zero-order chi connectivity index (χ0) is 13.4. The second kappa shape index (κ2) is 5.11. The number of rotatable bonds is 2. The van der Waals surface area contributed by atoms with Gasteiger partial charge in [-0.2, -0.15) is 5.10 Å². The highest BCUT2D eigenvalue weighted by atomic mass is 79.9. The number of nitrogens with two attached hydrogens (primary N) is 1. The SMILES string of the molecule is Nc1n[nH]c(-c2csc(Br)c2)c1-c1ccc(Br)cc1. The van der Waals surface area contributed by atoms with Crippen molar-refractivity contribution in [2.24, 2.45) is 0 Å². The van der Waals surface area contributed by atoms with Crippen molar-refractivity contribution in [3.63, 3.8) is 0 Å². The molecule has 0 aliphatic rings. The van der Waals surface area contributed by atoms with Gasteiger partial charge in [0.1, 0.15) is 0 Å². The van der Waals surface area contributed by atoms with Gasteiger partial charge < -0.3 is 5.73 Å². The first-order valence-electron chi connectivity index (χ1n) is 5.49. The Kier molecular flexibility index (Phi) is 3.47. The van der Waals surface area contributed by atoms with E-state index in [-0.39, 0.29) is 0 Å². The maximum Gasteiger partial charge on any atom is 0.153 e. The Morgan fingerprint density at radius 3 is 2.47 bits per heavy atom. The fraction of sp³-hybridized carbons (Fsp3) is 0. The summed E-state index contributed by atoms with van der Waals surface area (Å²) in [5, 5.41) is 9.22. The van der Waals surface area contributed by atoms with Gasteiger partial charge in [-0.1, -0.05) is 28.1 Å². The molecule has 0 saturated carbocycles. The van der Waals surface area contributed by atoms with Crippen molar-refractivity contribution >= 4 is 49.0 Å². The predicted molar refractivity (Wildman–Crippen MR) is 87.1 cm³/mol. The van der Waals surface area contributed by atoms with Crippen LogP contribution in [0.5, 0.6) is 0 Å². The molecule has 3 N–H and O–H groups in total. The number of H-pyrrole nitrogens is 1. The Morgan fingerprint density at radius 2 is 1.84 bits per heavy atom. The van der Waals surface area contributed by atoms with Gasteiger partial charge in [0, 0.05) is 15.4 Å². The number of aromatic amines is 1. The maximum absolute atomic E-state index is 5.99. The van der Waals surface area contributed by atoms with Crippen LogP contribution in [0, 0.1) is 0 Å². The molecule has 0 radical (unpaired) electrons. The number of benzene rings is 1. The van der Waals surface area contributed by atoms with E-state index in [1.54, 1.807) is 11.3 Å². The van der Waals surface area contributed by atoms with Crippen molar-refractivity contribution in [3.05, 3.63) is 44.0 Å². The summed E-state index contributed by atoms with van der Waals surface area (Å²) in [6.07, 6.45) is 0. The largest absolute Gasteiger partial charge is 0.382 e. The van der Waals surface area contributed by atoms with Crippen molar-refractivity contribution in [1.82, 2.24) is 10.2 Å². The van der Waals surface area contributed by atoms with E-state index in [0.717, 1.165) is 30.6 Å². The Balaban J connectivity index is 2.16. The van der Waals surface area contributed by atoms with Gasteiger partial charge in [-0.15, -0.1) is 11.3 Å². The number of nitrogens with zero attached hydrogens (tertiary/aromatic N) is 1. The number of hydrogen-bond acceptors (Lipinski definition) is 3. The van der Waals surface area contributed by atoms with Crippen LogP contribution >= 0.6 is 43.2 Å². The third-order valence-corrected chi connectivity index (χ3v) is 4.82. The molecule has 0 spiro atoms. The molecule has 1 aromatic carbocycles. The first-order chi connectivity index (χ1) is 9.15. The first kappa shape index (κ1) is 12.9. The lowest BCUT2D eigenvalue weighted by Gasteiger charge is -2.03. The van der Waals surface area contributed by atoms with Crippen LogP contribution in [0.4, 0.5) is 5.82 Å². The van der Waals surface area contributed by atoms with Crippen LogP contribution in [0.1, 0.15) is 0 Å². The summed E-state index contributed by atoms with van der Waals surface area (Å²) in [4.78, 5) is 0. The van der Waals surface area contributed by atoms with Gasteiger partial charge in [-0.25, -0.2) is 0 Å². The van der Waals surface area contributed by atoms with Gasteiger partial charge >= 0.3 is 0 Å². The van der Waals surface area contributed by atoms with Crippen LogP contribution < -0.4 is 5.73 Å². The summed E-state index contributed by atoms with van der Waals surface area (Å²) in [6.45, 7) is 0. The second-order valence-electron chi connectivity index (χ2n) is 4.01. The van der Waals surface area contributed by atoms with Crippen LogP contribution in [-0.4, -0.2) is 10.2 Å². The van der Waals surface area contributed by atoms with Crippen LogP contribution in [0.2, 0.25) is 0 Å². The Bertz CT molecular complexity index is 716.